The summed E-state index contributed by atoms with van der Waals surface area (Å²) >= 11 is 0. The van der Waals surface area contributed by atoms with Crippen molar-refractivity contribution >= 4 is 29.9 Å². The largest absolute Gasteiger partial charge is 0.489 e. The molecule has 2 unspecified atom stereocenters. The molecular weight excluding hydrogens is 439 g/mol. The summed E-state index contributed by atoms with van der Waals surface area (Å²) < 4.78 is 5.96. The Morgan fingerprint density at radius 1 is 1.31 bits per heavy atom. The first-order valence-corrected chi connectivity index (χ1v) is 9.56. The fourth-order valence-electron chi connectivity index (χ4n) is 3.47. The zero-order chi connectivity index (χ0) is 17.6. The highest BCUT2D eigenvalue weighted by Crippen LogP contribution is 2.31. The third-order valence-corrected chi connectivity index (χ3v) is 5.05. The van der Waals surface area contributed by atoms with Crippen LogP contribution in [0.4, 0.5) is 0 Å². The molecular formula is C20H33IN4O. The molecule has 6 heteroatoms. The van der Waals surface area contributed by atoms with Crippen LogP contribution in [0.5, 0.6) is 5.75 Å². The van der Waals surface area contributed by atoms with Gasteiger partial charge in [-0.25, -0.2) is 0 Å². The molecule has 5 nitrogen and oxygen atoms in total. The second-order valence-electron chi connectivity index (χ2n) is 7.46. The molecule has 1 saturated carbocycles. The van der Waals surface area contributed by atoms with E-state index in [0.717, 1.165) is 36.8 Å². The van der Waals surface area contributed by atoms with Gasteiger partial charge >= 0.3 is 0 Å². The van der Waals surface area contributed by atoms with E-state index >= 15 is 0 Å². The van der Waals surface area contributed by atoms with E-state index in [4.69, 9.17) is 4.74 Å². The number of aryl methyl sites for hydroxylation is 1. The molecule has 146 valence electrons. The van der Waals surface area contributed by atoms with Crippen LogP contribution in [0.15, 0.2) is 29.3 Å². The van der Waals surface area contributed by atoms with Crippen LogP contribution < -0.4 is 15.4 Å². The van der Waals surface area contributed by atoms with Crippen LogP contribution in [0, 0.1) is 12.8 Å². The van der Waals surface area contributed by atoms with Gasteiger partial charge in [-0.2, -0.15) is 0 Å². The lowest BCUT2D eigenvalue weighted by atomic mass is 10.1. The van der Waals surface area contributed by atoms with E-state index < -0.39 is 0 Å². The first kappa shape index (κ1) is 21.3. The number of hydrogen-bond acceptors (Lipinski definition) is 3. The molecule has 1 saturated heterocycles. The predicted octanol–water partition coefficient (Wildman–Crippen LogP) is 3.03. The van der Waals surface area contributed by atoms with Crippen molar-refractivity contribution in [2.45, 2.75) is 45.3 Å². The van der Waals surface area contributed by atoms with Gasteiger partial charge in [0.15, 0.2) is 5.96 Å². The third kappa shape index (κ3) is 6.61. The molecule has 0 aromatic heterocycles. The molecule has 0 bridgehead atoms. The van der Waals surface area contributed by atoms with Crippen LogP contribution in [-0.2, 0) is 0 Å². The summed E-state index contributed by atoms with van der Waals surface area (Å²) in [5.41, 5.74) is 1.21. The van der Waals surface area contributed by atoms with Crippen LogP contribution in [0.25, 0.3) is 0 Å². The average molecular weight is 472 g/mol. The number of nitrogens with one attached hydrogen (secondary N) is 2. The minimum atomic E-state index is 0. The Hall–Kier alpha value is -1.02. The van der Waals surface area contributed by atoms with Gasteiger partial charge in [0.2, 0.25) is 0 Å². The van der Waals surface area contributed by atoms with Gasteiger partial charge in [-0.15, -0.1) is 24.0 Å². The highest BCUT2D eigenvalue weighted by Gasteiger charge is 2.34. The number of halogens is 1. The Labute approximate surface area is 175 Å². The van der Waals surface area contributed by atoms with Crippen LogP contribution in [0.1, 0.15) is 31.7 Å². The van der Waals surface area contributed by atoms with Gasteiger partial charge in [0.05, 0.1) is 6.54 Å². The van der Waals surface area contributed by atoms with Crippen LogP contribution in [0.3, 0.4) is 0 Å². The van der Waals surface area contributed by atoms with E-state index in [9.17, 15) is 0 Å². The zero-order valence-electron chi connectivity index (χ0n) is 16.2. The maximum atomic E-state index is 5.96. The smallest absolute Gasteiger partial charge is 0.191 e. The Kier molecular flexibility index (Phi) is 8.47. The molecule has 2 aliphatic rings. The van der Waals surface area contributed by atoms with Gasteiger partial charge in [0, 0.05) is 26.2 Å². The van der Waals surface area contributed by atoms with Crippen molar-refractivity contribution in [2.75, 3.05) is 33.2 Å². The molecule has 26 heavy (non-hydrogen) atoms. The number of benzene rings is 1. The van der Waals surface area contributed by atoms with E-state index in [1.807, 2.05) is 19.2 Å². The number of hydrogen-bond donors (Lipinski definition) is 2. The van der Waals surface area contributed by atoms with E-state index in [-0.39, 0.29) is 30.1 Å². The Morgan fingerprint density at radius 2 is 2.12 bits per heavy atom. The van der Waals surface area contributed by atoms with E-state index in [2.05, 4.69) is 46.5 Å². The average Bonchev–Trinajstić information content (AvgIpc) is 3.34. The molecule has 1 aromatic rings. The fourth-order valence-corrected chi connectivity index (χ4v) is 3.47. The molecule has 2 N–H and O–H groups in total. The minimum Gasteiger partial charge on any atom is -0.489 e. The summed E-state index contributed by atoms with van der Waals surface area (Å²) in [4.78, 5) is 6.99. The zero-order valence-corrected chi connectivity index (χ0v) is 18.5. The van der Waals surface area contributed by atoms with Crippen molar-refractivity contribution in [1.82, 2.24) is 15.5 Å². The second kappa shape index (κ2) is 10.3. The number of ether oxygens (including phenoxy) is 1. The van der Waals surface area contributed by atoms with E-state index in [1.165, 1.54) is 37.9 Å². The molecule has 1 heterocycles. The summed E-state index contributed by atoms with van der Waals surface area (Å²) in [5.74, 6) is 2.52. The fraction of sp³-hybridized carbons (Fsp3) is 0.650. The van der Waals surface area contributed by atoms with E-state index in [1.54, 1.807) is 0 Å². The lowest BCUT2D eigenvalue weighted by molar-refractivity contribution is 0.223. The summed E-state index contributed by atoms with van der Waals surface area (Å²) in [6.07, 6.45) is 4.19. The standard InChI is InChI=1S/C20H32N4O.HI/c1-15-5-4-6-19(11-15)25-16(2)12-22-20(21-3)23-13-17-9-10-24(14-17)18-7-8-18;/h4-6,11,16-18H,7-10,12-14H2,1-3H3,(H2,21,22,23);1H. The monoisotopic (exact) mass is 472 g/mol. The van der Waals surface area contributed by atoms with Crippen LogP contribution in [-0.4, -0.2) is 56.2 Å². The molecule has 0 amide bonds. The molecule has 1 aromatic carbocycles. The highest BCUT2D eigenvalue weighted by molar-refractivity contribution is 14.0. The van der Waals surface area contributed by atoms with Crippen molar-refractivity contribution in [1.29, 1.82) is 0 Å². The van der Waals surface area contributed by atoms with Crippen molar-refractivity contribution in [2.24, 2.45) is 10.9 Å². The number of nitrogens with zero attached hydrogens (tertiary/aromatic N) is 2. The first-order valence-electron chi connectivity index (χ1n) is 9.56. The molecule has 2 fully saturated rings. The Morgan fingerprint density at radius 3 is 2.81 bits per heavy atom. The number of guanidine groups is 1. The molecule has 3 rings (SSSR count). The van der Waals surface area contributed by atoms with Gasteiger partial charge in [0.1, 0.15) is 11.9 Å². The maximum absolute atomic E-state index is 5.96. The first-order chi connectivity index (χ1) is 12.1. The molecule has 1 aliphatic carbocycles. The van der Waals surface area contributed by atoms with Crippen LogP contribution >= 0.6 is 24.0 Å². The minimum absolute atomic E-state index is 0. The Bertz CT molecular complexity index is 591. The van der Waals surface area contributed by atoms with Gasteiger partial charge in [-0.3, -0.25) is 4.99 Å². The highest BCUT2D eigenvalue weighted by atomic mass is 127. The summed E-state index contributed by atoms with van der Waals surface area (Å²) in [6.45, 7) is 8.39. The molecule has 1 aliphatic heterocycles. The van der Waals surface area contributed by atoms with Gasteiger partial charge < -0.3 is 20.3 Å². The molecule has 0 spiro atoms. The van der Waals surface area contributed by atoms with Crippen molar-refractivity contribution < 1.29 is 4.74 Å². The normalized spacial score (nSPS) is 21.8. The number of aliphatic imine (C=N–C) groups is 1. The maximum Gasteiger partial charge on any atom is 0.191 e. The van der Waals surface area contributed by atoms with Gasteiger partial charge in [-0.05, 0) is 63.3 Å². The topological polar surface area (TPSA) is 48.9 Å². The summed E-state index contributed by atoms with van der Waals surface area (Å²) in [5, 5.41) is 6.85. The molecule has 2 atom stereocenters. The van der Waals surface area contributed by atoms with E-state index in [0.29, 0.717) is 0 Å². The Balaban J connectivity index is 0.00000243. The summed E-state index contributed by atoms with van der Waals surface area (Å²) in [6, 6.07) is 9.06. The lowest BCUT2D eigenvalue weighted by Crippen LogP contribution is -2.43. The second-order valence-corrected chi connectivity index (χ2v) is 7.46. The summed E-state index contributed by atoms with van der Waals surface area (Å²) in [7, 11) is 1.83. The lowest BCUT2D eigenvalue weighted by Gasteiger charge is -2.19. The number of likely N-dealkylation sites (tertiary alicyclic amines) is 1. The molecule has 0 radical (unpaired) electrons. The van der Waals surface area contributed by atoms with Gasteiger partial charge in [-0.1, -0.05) is 12.1 Å². The van der Waals surface area contributed by atoms with Crippen molar-refractivity contribution in [3.63, 3.8) is 0 Å². The third-order valence-electron chi connectivity index (χ3n) is 5.05. The van der Waals surface area contributed by atoms with Gasteiger partial charge in [0.25, 0.3) is 0 Å². The number of rotatable bonds is 7. The quantitative estimate of drug-likeness (QED) is 0.364. The SMILES string of the molecule is CN=C(NCC1CCN(C2CC2)C1)NCC(C)Oc1cccc(C)c1.I. The van der Waals surface area contributed by atoms with Crippen LogP contribution in [0.2, 0.25) is 0 Å². The van der Waals surface area contributed by atoms with Crippen molar-refractivity contribution in [3.8, 4) is 5.75 Å². The predicted molar refractivity (Wildman–Crippen MR) is 119 cm³/mol. The van der Waals surface area contributed by atoms with Crippen molar-refractivity contribution in [3.05, 3.63) is 29.8 Å².